The highest BCUT2D eigenvalue weighted by Crippen LogP contribution is 2.30. The van der Waals surface area contributed by atoms with Crippen molar-refractivity contribution in [1.29, 1.82) is 0 Å². The minimum Gasteiger partial charge on any atom is -0.493 e. The second kappa shape index (κ2) is 10.7. The smallest absolute Gasteiger partial charge is 0.416 e. The van der Waals surface area contributed by atoms with E-state index in [9.17, 15) is 27.9 Å². The number of carboxylic acids is 1. The topological polar surface area (TPSA) is 96.9 Å². The van der Waals surface area contributed by atoms with E-state index in [1.807, 2.05) is 0 Å². The standard InChI is InChI=1S/C21H23F3N2O5/c1-30-17-7-6-13(10-18(17)31-2)8-9-25-16(20(28)29)12-19(27)26-15-5-3-4-14(11-15)21(22,23)24/h3-7,10-11,16,25H,8-9,12H2,1-2H3,(H,26,27)(H,28,29). The summed E-state index contributed by atoms with van der Waals surface area (Å²) in [6, 6.07) is 8.22. The molecular formula is C21H23F3N2O5. The molecule has 0 aromatic heterocycles. The first-order chi connectivity index (χ1) is 14.6. The molecule has 0 saturated carbocycles. The van der Waals surface area contributed by atoms with Crippen LogP contribution in [0.25, 0.3) is 0 Å². The summed E-state index contributed by atoms with van der Waals surface area (Å²) >= 11 is 0. The summed E-state index contributed by atoms with van der Waals surface area (Å²) < 4.78 is 48.7. The fourth-order valence-electron chi connectivity index (χ4n) is 2.84. The first kappa shape index (κ1) is 24.0. The third-order valence-electron chi connectivity index (χ3n) is 4.41. The van der Waals surface area contributed by atoms with Crippen molar-refractivity contribution < 1.29 is 37.3 Å². The van der Waals surface area contributed by atoms with Crippen LogP contribution < -0.4 is 20.1 Å². The molecule has 2 aromatic carbocycles. The van der Waals surface area contributed by atoms with E-state index in [-0.39, 0.29) is 12.2 Å². The molecule has 0 aliphatic rings. The van der Waals surface area contributed by atoms with Crippen LogP contribution >= 0.6 is 0 Å². The highest BCUT2D eigenvalue weighted by atomic mass is 19.4. The molecular weight excluding hydrogens is 417 g/mol. The number of hydrogen-bond acceptors (Lipinski definition) is 5. The maximum Gasteiger partial charge on any atom is 0.416 e. The Morgan fingerprint density at radius 1 is 1.06 bits per heavy atom. The van der Waals surface area contributed by atoms with Crippen LogP contribution in [0.4, 0.5) is 18.9 Å². The van der Waals surface area contributed by atoms with Crippen molar-refractivity contribution in [2.24, 2.45) is 0 Å². The molecule has 2 aromatic rings. The van der Waals surface area contributed by atoms with Gasteiger partial charge in [0.05, 0.1) is 26.2 Å². The average Bonchev–Trinajstić information content (AvgIpc) is 2.72. The monoisotopic (exact) mass is 440 g/mol. The van der Waals surface area contributed by atoms with Crippen LogP contribution in [-0.2, 0) is 22.2 Å². The van der Waals surface area contributed by atoms with Gasteiger partial charge in [-0.3, -0.25) is 9.59 Å². The number of hydrogen-bond donors (Lipinski definition) is 3. The number of rotatable bonds is 10. The molecule has 0 bridgehead atoms. The summed E-state index contributed by atoms with van der Waals surface area (Å²) in [7, 11) is 3.02. The zero-order chi connectivity index (χ0) is 23.0. The summed E-state index contributed by atoms with van der Waals surface area (Å²) in [6.45, 7) is 0.253. The Hall–Kier alpha value is -3.27. The quantitative estimate of drug-likeness (QED) is 0.525. The maximum absolute atomic E-state index is 12.8. The molecule has 0 aliphatic carbocycles. The number of carbonyl (C=O) groups excluding carboxylic acids is 1. The molecule has 0 radical (unpaired) electrons. The van der Waals surface area contributed by atoms with E-state index in [1.165, 1.54) is 20.3 Å². The van der Waals surface area contributed by atoms with Gasteiger partial charge in [0.2, 0.25) is 5.91 Å². The van der Waals surface area contributed by atoms with Crippen LogP contribution in [0, 0.1) is 0 Å². The molecule has 7 nitrogen and oxygen atoms in total. The summed E-state index contributed by atoms with van der Waals surface area (Å²) in [6.07, 6.45) is -4.53. The van der Waals surface area contributed by atoms with Crippen LogP contribution in [0.5, 0.6) is 11.5 Å². The first-order valence-electron chi connectivity index (χ1n) is 9.28. The van der Waals surface area contributed by atoms with Crippen LogP contribution in [0.2, 0.25) is 0 Å². The molecule has 0 heterocycles. The normalized spacial score (nSPS) is 12.2. The van der Waals surface area contributed by atoms with E-state index in [1.54, 1.807) is 18.2 Å². The number of amides is 1. The van der Waals surface area contributed by atoms with Gasteiger partial charge in [0.15, 0.2) is 11.5 Å². The predicted octanol–water partition coefficient (Wildman–Crippen LogP) is 3.34. The van der Waals surface area contributed by atoms with Crippen molar-refractivity contribution >= 4 is 17.6 Å². The van der Waals surface area contributed by atoms with Gasteiger partial charge in [-0.25, -0.2) is 0 Å². The Balaban J connectivity index is 1.93. The third kappa shape index (κ3) is 7.18. The lowest BCUT2D eigenvalue weighted by molar-refractivity contribution is -0.141. The van der Waals surface area contributed by atoms with Gasteiger partial charge >= 0.3 is 12.1 Å². The van der Waals surface area contributed by atoms with Crippen LogP contribution in [0.1, 0.15) is 17.5 Å². The van der Waals surface area contributed by atoms with Crippen molar-refractivity contribution in [3.05, 3.63) is 53.6 Å². The van der Waals surface area contributed by atoms with E-state index >= 15 is 0 Å². The zero-order valence-corrected chi connectivity index (χ0v) is 17.0. The average molecular weight is 440 g/mol. The molecule has 0 fully saturated rings. The lowest BCUT2D eigenvalue weighted by Crippen LogP contribution is -2.40. The summed E-state index contributed by atoms with van der Waals surface area (Å²) in [4.78, 5) is 23.6. The van der Waals surface area contributed by atoms with Crippen molar-refractivity contribution in [3.63, 3.8) is 0 Å². The Bertz CT molecular complexity index is 918. The fourth-order valence-corrected chi connectivity index (χ4v) is 2.84. The zero-order valence-electron chi connectivity index (χ0n) is 17.0. The molecule has 1 unspecified atom stereocenters. The number of ether oxygens (including phenoxy) is 2. The van der Waals surface area contributed by atoms with Gasteiger partial charge in [-0.1, -0.05) is 12.1 Å². The third-order valence-corrected chi connectivity index (χ3v) is 4.41. The lowest BCUT2D eigenvalue weighted by atomic mass is 10.1. The van der Waals surface area contributed by atoms with Gasteiger partial charge in [0.25, 0.3) is 0 Å². The van der Waals surface area contributed by atoms with Crippen molar-refractivity contribution in [2.75, 3.05) is 26.1 Å². The minimum absolute atomic E-state index is 0.0608. The largest absolute Gasteiger partial charge is 0.493 e. The Labute approximate surface area is 177 Å². The molecule has 2 rings (SSSR count). The van der Waals surface area contributed by atoms with Crippen LogP contribution in [-0.4, -0.2) is 43.8 Å². The van der Waals surface area contributed by atoms with E-state index < -0.39 is 36.1 Å². The second-order valence-electron chi connectivity index (χ2n) is 6.62. The molecule has 0 saturated heterocycles. The van der Waals surface area contributed by atoms with Gasteiger partial charge in [-0.15, -0.1) is 0 Å². The van der Waals surface area contributed by atoms with Gasteiger partial charge in [0.1, 0.15) is 6.04 Å². The highest BCUT2D eigenvalue weighted by Gasteiger charge is 2.30. The highest BCUT2D eigenvalue weighted by molar-refractivity contribution is 5.94. The minimum atomic E-state index is -4.55. The molecule has 0 spiro atoms. The molecule has 0 aliphatic heterocycles. The van der Waals surface area contributed by atoms with E-state index in [0.717, 1.165) is 23.8 Å². The number of halogens is 3. The Kier molecular flexibility index (Phi) is 8.26. The number of benzene rings is 2. The van der Waals surface area contributed by atoms with E-state index in [2.05, 4.69) is 10.6 Å². The Morgan fingerprint density at radius 2 is 1.77 bits per heavy atom. The number of anilines is 1. The molecule has 1 amide bonds. The number of carboxylic acid groups (broad SMARTS) is 1. The summed E-state index contributed by atoms with van der Waals surface area (Å²) in [5.74, 6) is -0.860. The van der Waals surface area contributed by atoms with Crippen LogP contribution in [0.3, 0.4) is 0 Å². The van der Waals surface area contributed by atoms with Crippen LogP contribution in [0.15, 0.2) is 42.5 Å². The number of carbonyl (C=O) groups is 2. The Morgan fingerprint density at radius 3 is 2.39 bits per heavy atom. The summed E-state index contributed by atoms with van der Waals surface area (Å²) in [5, 5.41) is 14.4. The fraction of sp³-hybridized carbons (Fsp3) is 0.333. The van der Waals surface area contributed by atoms with Crippen molar-refractivity contribution in [3.8, 4) is 11.5 Å². The number of alkyl halides is 3. The molecule has 10 heteroatoms. The van der Waals surface area contributed by atoms with Gasteiger partial charge in [-0.05, 0) is 48.9 Å². The number of aliphatic carboxylic acids is 1. The SMILES string of the molecule is COc1ccc(CCNC(CC(=O)Nc2cccc(C(F)(F)F)c2)C(=O)O)cc1OC. The van der Waals surface area contributed by atoms with E-state index in [4.69, 9.17) is 9.47 Å². The maximum atomic E-state index is 12.8. The van der Waals surface area contributed by atoms with Gasteiger partial charge in [-0.2, -0.15) is 13.2 Å². The van der Waals surface area contributed by atoms with Crippen molar-refractivity contribution in [1.82, 2.24) is 5.32 Å². The molecule has 168 valence electrons. The lowest BCUT2D eigenvalue weighted by Gasteiger charge is -2.15. The van der Waals surface area contributed by atoms with E-state index in [0.29, 0.717) is 17.9 Å². The number of methoxy groups -OCH3 is 2. The molecule has 31 heavy (non-hydrogen) atoms. The van der Waals surface area contributed by atoms with Gasteiger partial charge in [0, 0.05) is 5.69 Å². The predicted molar refractivity (Wildman–Crippen MR) is 107 cm³/mol. The number of nitrogens with one attached hydrogen (secondary N) is 2. The molecule has 3 N–H and O–H groups in total. The first-order valence-corrected chi connectivity index (χ1v) is 9.28. The van der Waals surface area contributed by atoms with Crippen molar-refractivity contribution in [2.45, 2.75) is 25.1 Å². The second-order valence-corrected chi connectivity index (χ2v) is 6.62. The molecule has 1 atom stereocenters. The van der Waals surface area contributed by atoms with Gasteiger partial charge < -0.3 is 25.2 Å². The summed E-state index contributed by atoms with van der Waals surface area (Å²) in [5.41, 5.74) is -0.106.